The fourth-order valence-corrected chi connectivity index (χ4v) is 9.48. The number of hydrogen-bond donors (Lipinski definition) is 1. The maximum atomic E-state index is 11.0. The Labute approximate surface area is 293 Å². The zero-order valence-corrected chi connectivity index (χ0v) is 35.8. The predicted octanol–water partition coefficient (Wildman–Crippen LogP) is 13.0. The number of carbonyl (C=O) groups is 1. The van der Waals surface area contributed by atoms with Crippen molar-refractivity contribution in [2.24, 2.45) is 17.3 Å². The van der Waals surface area contributed by atoms with E-state index in [2.05, 4.69) is 115 Å². The number of thioether (sulfide) groups is 1. The molecule has 4 nitrogen and oxygen atoms in total. The van der Waals surface area contributed by atoms with E-state index in [9.17, 15) is 4.79 Å². The summed E-state index contributed by atoms with van der Waals surface area (Å²) in [6, 6.07) is 0. The first-order valence-corrected chi connectivity index (χ1v) is 25.3. The van der Waals surface area contributed by atoms with Crippen LogP contribution >= 0.6 is 11.8 Å². The van der Waals surface area contributed by atoms with E-state index in [1.807, 2.05) is 11.8 Å². The molecule has 0 aromatic carbocycles. The smallest absolute Gasteiger partial charge is 0.303 e. The Bertz CT molecular complexity index is 981. The molecular weight excluding hydrogens is 621 g/mol. The quantitative estimate of drug-likeness (QED) is 0.0780. The third-order valence-corrected chi connectivity index (χ3v) is 21.1. The molecule has 0 saturated heterocycles. The molecule has 270 valence electrons. The molecule has 0 fully saturated rings. The van der Waals surface area contributed by atoms with Crippen LogP contribution in [0, 0.1) is 17.3 Å². The molecule has 0 amide bonds. The molecule has 0 aromatic rings. The molecule has 0 aromatic heterocycles. The number of unbranched alkanes of at least 4 members (excludes halogenated alkanes) is 3. The third-order valence-electron chi connectivity index (χ3n) is 10.7. The van der Waals surface area contributed by atoms with Crippen LogP contribution < -0.4 is 0 Å². The minimum Gasteiger partial charge on any atom is -0.481 e. The van der Waals surface area contributed by atoms with Crippen LogP contribution in [-0.2, 0) is 13.6 Å². The van der Waals surface area contributed by atoms with Gasteiger partial charge < -0.3 is 14.0 Å². The SMILES string of the molecule is CCCC[C@@H](C)C[C@@H](/C=C/[C@@H]1C(SCCCCCC(=O)O)=C(CCC(C)(C)C)C[C@H]1O[Si](C)(C)C(C)(C)C)O[Si](C)(C)C(C)(C)C. The van der Waals surface area contributed by atoms with Gasteiger partial charge in [-0.2, -0.15) is 0 Å². The summed E-state index contributed by atoms with van der Waals surface area (Å²) in [4.78, 5) is 12.6. The lowest BCUT2D eigenvalue weighted by Gasteiger charge is -2.40. The molecule has 0 unspecified atom stereocenters. The summed E-state index contributed by atoms with van der Waals surface area (Å²) in [6.07, 6.45) is 16.4. The van der Waals surface area contributed by atoms with Gasteiger partial charge in [-0.05, 0) is 96.8 Å². The average Bonchev–Trinajstić information content (AvgIpc) is 3.19. The monoisotopic (exact) mass is 697 g/mol. The van der Waals surface area contributed by atoms with Crippen molar-refractivity contribution < 1.29 is 18.8 Å². The summed E-state index contributed by atoms with van der Waals surface area (Å²) in [7, 11) is -3.96. The topological polar surface area (TPSA) is 55.8 Å². The lowest BCUT2D eigenvalue weighted by atomic mass is 9.88. The van der Waals surface area contributed by atoms with E-state index in [-0.39, 0.29) is 40.0 Å². The first-order chi connectivity index (χ1) is 20.9. The Kier molecular flexibility index (Phi) is 17.7. The first kappa shape index (κ1) is 43.7. The van der Waals surface area contributed by atoms with Crippen molar-refractivity contribution in [3.05, 3.63) is 22.6 Å². The van der Waals surface area contributed by atoms with Gasteiger partial charge in [-0.25, -0.2) is 0 Å². The summed E-state index contributed by atoms with van der Waals surface area (Å²) in [5, 5.41) is 9.40. The van der Waals surface area contributed by atoms with Crippen LogP contribution in [0.15, 0.2) is 22.6 Å². The normalized spacial score (nSPS) is 20.2. The van der Waals surface area contributed by atoms with Gasteiger partial charge in [0.2, 0.25) is 0 Å². The average molecular weight is 697 g/mol. The highest BCUT2D eigenvalue weighted by molar-refractivity contribution is 8.03. The molecule has 0 aliphatic heterocycles. The predicted molar refractivity (Wildman–Crippen MR) is 209 cm³/mol. The molecule has 1 aliphatic rings. The molecule has 7 heteroatoms. The van der Waals surface area contributed by atoms with Gasteiger partial charge in [0, 0.05) is 12.3 Å². The third kappa shape index (κ3) is 15.5. The second-order valence-corrected chi connectivity index (χ2v) is 29.2. The molecule has 4 atom stereocenters. The zero-order valence-electron chi connectivity index (χ0n) is 33.0. The fourth-order valence-electron chi connectivity index (χ4n) is 5.47. The highest BCUT2D eigenvalue weighted by Gasteiger charge is 2.44. The van der Waals surface area contributed by atoms with Gasteiger partial charge in [-0.3, -0.25) is 4.79 Å². The second-order valence-electron chi connectivity index (χ2n) is 18.5. The second kappa shape index (κ2) is 18.6. The Morgan fingerprint density at radius 3 is 2.09 bits per heavy atom. The molecule has 1 rings (SSSR count). The van der Waals surface area contributed by atoms with Crippen molar-refractivity contribution in [2.75, 3.05) is 5.75 Å². The van der Waals surface area contributed by atoms with E-state index in [0.29, 0.717) is 5.92 Å². The van der Waals surface area contributed by atoms with Gasteiger partial charge in [0.25, 0.3) is 0 Å². The zero-order chi connectivity index (χ0) is 35.6. The van der Waals surface area contributed by atoms with Crippen LogP contribution in [0.1, 0.15) is 147 Å². The van der Waals surface area contributed by atoms with Gasteiger partial charge in [0.05, 0.1) is 12.2 Å². The Hall–Kier alpha value is -0.346. The summed E-state index contributed by atoms with van der Waals surface area (Å²) < 4.78 is 14.4. The summed E-state index contributed by atoms with van der Waals surface area (Å²) in [5.41, 5.74) is 1.86. The molecular formula is C39H76O4SSi2. The molecule has 0 saturated carbocycles. The fraction of sp³-hybridized carbons (Fsp3) is 0.872. The van der Waals surface area contributed by atoms with E-state index in [1.165, 1.54) is 30.6 Å². The van der Waals surface area contributed by atoms with E-state index < -0.39 is 22.6 Å². The lowest BCUT2D eigenvalue weighted by Crippen LogP contribution is -2.45. The summed E-state index contributed by atoms with van der Waals surface area (Å²) in [5.74, 6) is 1.21. The molecule has 0 radical (unpaired) electrons. The van der Waals surface area contributed by atoms with Gasteiger partial charge in [-0.1, -0.05) is 120 Å². The lowest BCUT2D eigenvalue weighted by molar-refractivity contribution is -0.137. The van der Waals surface area contributed by atoms with Crippen LogP contribution in [0.2, 0.25) is 36.3 Å². The van der Waals surface area contributed by atoms with Gasteiger partial charge in [-0.15, -0.1) is 11.8 Å². The number of carboxylic acids is 1. The van der Waals surface area contributed by atoms with Crippen LogP contribution in [0.25, 0.3) is 0 Å². The van der Waals surface area contributed by atoms with Crippen LogP contribution in [0.4, 0.5) is 0 Å². The maximum Gasteiger partial charge on any atom is 0.303 e. The largest absolute Gasteiger partial charge is 0.481 e. The number of aliphatic carboxylic acids is 1. The molecule has 1 N–H and O–H groups in total. The highest BCUT2D eigenvalue weighted by atomic mass is 32.2. The van der Waals surface area contributed by atoms with E-state index in [0.717, 1.165) is 44.3 Å². The van der Waals surface area contributed by atoms with Gasteiger partial charge >= 0.3 is 5.97 Å². The minimum atomic E-state index is -2.00. The molecule has 0 bridgehead atoms. The summed E-state index contributed by atoms with van der Waals surface area (Å²) >= 11 is 2.03. The molecule has 0 heterocycles. The minimum absolute atomic E-state index is 0.113. The molecule has 46 heavy (non-hydrogen) atoms. The maximum absolute atomic E-state index is 11.0. The van der Waals surface area contributed by atoms with Gasteiger partial charge in [0.15, 0.2) is 16.6 Å². The molecule has 0 spiro atoms. The van der Waals surface area contributed by atoms with Crippen LogP contribution in [0.3, 0.4) is 0 Å². The summed E-state index contributed by atoms with van der Waals surface area (Å²) in [6.45, 7) is 35.4. The highest BCUT2D eigenvalue weighted by Crippen LogP contribution is 2.48. The van der Waals surface area contributed by atoms with Crippen molar-refractivity contribution in [2.45, 2.75) is 195 Å². The standard InChI is InChI=1S/C39H76O4SSi2/c1-16-17-21-30(2)28-32(42-45(12,13)38(6,7)8)23-24-33-34(43-46(14,15)39(9,10)11)29-31(25-26-37(3,4)5)36(33)44-27-20-18-19-22-35(40)41/h23-24,30,32-34H,16-22,25-29H2,1-15H3,(H,40,41)/b24-23+/t30-,32-,33+,34-/m1/s1. The Balaban J connectivity index is 3.54. The van der Waals surface area contributed by atoms with Crippen molar-refractivity contribution in [1.82, 2.24) is 0 Å². The van der Waals surface area contributed by atoms with Crippen molar-refractivity contribution in [3.8, 4) is 0 Å². The van der Waals surface area contributed by atoms with E-state index in [4.69, 9.17) is 14.0 Å². The van der Waals surface area contributed by atoms with Crippen LogP contribution in [-0.4, -0.2) is 45.7 Å². The first-order valence-electron chi connectivity index (χ1n) is 18.5. The Morgan fingerprint density at radius 1 is 0.957 bits per heavy atom. The Morgan fingerprint density at radius 2 is 1.57 bits per heavy atom. The van der Waals surface area contributed by atoms with E-state index >= 15 is 0 Å². The van der Waals surface area contributed by atoms with Crippen LogP contribution in [0.5, 0.6) is 0 Å². The number of rotatable bonds is 20. The number of carboxylic acid groups (broad SMARTS) is 1. The molecule has 1 aliphatic carbocycles. The number of hydrogen-bond acceptors (Lipinski definition) is 4. The van der Waals surface area contributed by atoms with Crippen molar-refractivity contribution in [3.63, 3.8) is 0 Å². The van der Waals surface area contributed by atoms with Crippen molar-refractivity contribution >= 4 is 34.4 Å². The van der Waals surface area contributed by atoms with E-state index in [1.54, 1.807) is 5.57 Å². The van der Waals surface area contributed by atoms with Gasteiger partial charge in [0.1, 0.15) is 0 Å². The van der Waals surface area contributed by atoms with Crippen molar-refractivity contribution in [1.29, 1.82) is 0 Å².